The summed E-state index contributed by atoms with van der Waals surface area (Å²) >= 11 is 5.91. The SMILES string of the molecule is COc1ccc(OCC(=O)Nc2ccc(-c3nc(-c4ccc(Cl)cc4)no3)cc2)cc1. The summed E-state index contributed by atoms with van der Waals surface area (Å²) in [4.78, 5) is 16.5. The van der Waals surface area contributed by atoms with E-state index in [1.807, 2.05) is 12.1 Å². The van der Waals surface area contributed by atoms with Crippen LogP contribution in [0.15, 0.2) is 77.3 Å². The van der Waals surface area contributed by atoms with Crippen LogP contribution in [-0.2, 0) is 4.79 Å². The van der Waals surface area contributed by atoms with Crippen LogP contribution in [0.1, 0.15) is 0 Å². The molecule has 0 unspecified atom stereocenters. The average Bonchev–Trinajstić information content (AvgIpc) is 3.29. The largest absolute Gasteiger partial charge is 0.497 e. The van der Waals surface area contributed by atoms with Gasteiger partial charge >= 0.3 is 0 Å². The van der Waals surface area contributed by atoms with Gasteiger partial charge in [-0.2, -0.15) is 4.98 Å². The van der Waals surface area contributed by atoms with Crippen LogP contribution in [0.4, 0.5) is 5.69 Å². The molecule has 8 heteroatoms. The minimum Gasteiger partial charge on any atom is -0.497 e. The first-order valence-corrected chi connectivity index (χ1v) is 9.75. The molecule has 1 amide bonds. The van der Waals surface area contributed by atoms with E-state index in [0.29, 0.717) is 28.2 Å². The predicted octanol–water partition coefficient (Wildman–Crippen LogP) is 5.08. The number of nitrogens with one attached hydrogen (secondary N) is 1. The molecule has 3 aromatic carbocycles. The number of anilines is 1. The maximum atomic E-state index is 12.1. The first kappa shape index (κ1) is 20.4. The summed E-state index contributed by atoms with van der Waals surface area (Å²) in [6.07, 6.45) is 0. The molecule has 4 aromatic rings. The number of nitrogens with zero attached hydrogens (tertiary/aromatic N) is 2. The number of hydrogen-bond acceptors (Lipinski definition) is 6. The molecular formula is C23H18ClN3O4. The van der Waals surface area contributed by atoms with Gasteiger partial charge in [-0.3, -0.25) is 4.79 Å². The fourth-order valence-corrected chi connectivity index (χ4v) is 2.90. The molecule has 0 saturated heterocycles. The molecule has 156 valence electrons. The third kappa shape index (κ3) is 5.21. The summed E-state index contributed by atoms with van der Waals surface area (Å²) in [5.74, 6) is 1.88. The monoisotopic (exact) mass is 435 g/mol. The lowest BCUT2D eigenvalue weighted by molar-refractivity contribution is -0.118. The smallest absolute Gasteiger partial charge is 0.262 e. The molecular weight excluding hydrogens is 418 g/mol. The number of ether oxygens (including phenoxy) is 2. The number of aromatic nitrogens is 2. The molecule has 31 heavy (non-hydrogen) atoms. The van der Waals surface area contributed by atoms with Gasteiger partial charge in [0, 0.05) is 21.8 Å². The van der Waals surface area contributed by atoms with E-state index < -0.39 is 0 Å². The van der Waals surface area contributed by atoms with Crippen molar-refractivity contribution in [1.29, 1.82) is 0 Å². The summed E-state index contributed by atoms with van der Waals surface area (Å²) in [6.45, 7) is -0.109. The quantitative estimate of drug-likeness (QED) is 0.435. The molecule has 0 spiro atoms. The lowest BCUT2D eigenvalue weighted by Gasteiger charge is -2.08. The second-order valence-corrected chi connectivity index (χ2v) is 6.96. The van der Waals surface area contributed by atoms with Gasteiger partial charge in [-0.05, 0) is 72.8 Å². The van der Waals surface area contributed by atoms with Crippen LogP contribution < -0.4 is 14.8 Å². The number of amides is 1. The topological polar surface area (TPSA) is 86.5 Å². The molecule has 1 aromatic heterocycles. The Hall–Kier alpha value is -3.84. The number of carbonyl (C=O) groups excluding carboxylic acids is 1. The van der Waals surface area contributed by atoms with Gasteiger partial charge in [-0.15, -0.1) is 0 Å². The Morgan fingerprint density at radius 2 is 1.58 bits per heavy atom. The van der Waals surface area contributed by atoms with E-state index in [0.717, 1.165) is 16.9 Å². The van der Waals surface area contributed by atoms with Crippen LogP contribution in [0, 0.1) is 0 Å². The molecule has 0 fully saturated rings. The molecule has 0 radical (unpaired) electrons. The molecule has 0 bridgehead atoms. The highest BCUT2D eigenvalue weighted by Gasteiger charge is 2.11. The minimum atomic E-state index is -0.272. The fourth-order valence-electron chi connectivity index (χ4n) is 2.77. The van der Waals surface area contributed by atoms with Crippen molar-refractivity contribution in [2.75, 3.05) is 19.0 Å². The Kier molecular flexibility index (Phi) is 6.14. The van der Waals surface area contributed by atoms with E-state index in [4.69, 9.17) is 25.6 Å². The summed E-state index contributed by atoms with van der Waals surface area (Å²) in [5.41, 5.74) is 2.17. The number of rotatable bonds is 7. The van der Waals surface area contributed by atoms with E-state index in [-0.39, 0.29) is 12.5 Å². The Morgan fingerprint density at radius 1 is 0.935 bits per heavy atom. The minimum absolute atomic E-state index is 0.109. The molecule has 0 saturated carbocycles. The summed E-state index contributed by atoms with van der Waals surface area (Å²) in [6, 6.07) is 21.3. The Morgan fingerprint density at radius 3 is 2.26 bits per heavy atom. The maximum absolute atomic E-state index is 12.1. The normalized spacial score (nSPS) is 10.5. The van der Waals surface area contributed by atoms with Crippen molar-refractivity contribution in [2.24, 2.45) is 0 Å². The Bertz CT molecular complexity index is 1160. The first-order valence-electron chi connectivity index (χ1n) is 9.37. The van der Waals surface area contributed by atoms with Crippen molar-refractivity contribution in [3.8, 4) is 34.3 Å². The summed E-state index contributed by atoms with van der Waals surface area (Å²) in [7, 11) is 1.59. The van der Waals surface area contributed by atoms with Gasteiger partial charge in [0.15, 0.2) is 6.61 Å². The van der Waals surface area contributed by atoms with Gasteiger partial charge in [0.2, 0.25) is 5.82 Å². The van der Waals surface area contributed by atoms with E-state index in [1.54, 1.807) is 67.8 Å². The molecule has 1 heterocycles. The fraction of sp³-hybridized carbons (Fsp3) is 0.0870. The van der Waals surface area contributed by atoms with E-state index in [9.17, 15) is 4.79 Å². The number of benzene rings is 3. The van der Waals surface area contributed by atoms with Crippen molar-refractivity contribution >= 4 is 23.2 Å². The number of methoxy groups -OCH3 is 1. The molecule has 4 rings (SSSR count). The predicted molar refractivity (Wildman–Crippen MR) is 117 cm³/mol. The zero-order chi connectivity index (χ0) is 21.6. The van der Waals surface area contributed by atoms with Gasteiger partial charge in [-0.25, -0.2) is 0 Å². The van der Waals surface area contributed by atoms with Crippen molar-refractivity contribution in [3.63, 3.8) is 0 Å². The van der Waals surface area contributed by atoms with Crippen LogP contribution >= 0.6 is 11.6 Å². The third-order valence-electron chi connectivity index (χ3n) is 4.37. The maximum Gasteiger partial charge on any atom is 0.262 e. The second kappa shape index (κ2) is 9.32. The van der Waals surface area contributed by atoms with Crippen molar-refractivity contribution in [1.82, 2.24) is 10.1 Å². The van der Waals surface area contributed by atoms with Gasteiger partial charge in [0.25, 0.3) is 11.8 Å². The zero-order valence-corrected chi connectivity index (χ0v) is 17.3. The highest BCUT2D eigenvalue weighted by Crippen LogP contribution is 2.24. The summed E-state index contributed by atoms with van der Waals surface area (Å²) < 4.78 is 15.9. The Labute approximate surface area is 183 Å². The molecule has 0 aliphatic heterocycles. The number of hydrogen-bond donors (Lipinski definition) is 1. The molecule has 7 nitrogen and oxygen atoms in total. The molecule has 0 aliphatic rings. The van der Waals surface area contributed by atoms with Crippen molar-refractivity contribution in [3.05, 3.63) is 77.8 Å². The van der Waals surface area contributed by atoms with E-state index in [2.05, 4.69) is 15.5 Å². The summed E-state index contributed by atoms with van der Waals surface area (Å²) in [5, 5.41) is 7.42. The highest BCUT2D eigenvalue weighted by atomic mass is 35.5. The van der Waals surface area contributed by atoms with E-state index >= 15 is 0 Å². The van der Waals surface area contributed by atoms with Gasteiger partial charge < -0.3 is 19.3 Å². The highest BCUT2D eigenvalue weighted by molar-refractivity contribution is 6.30. The van der Waals surface area contributed by atoms with Gasteiger partial charge in [0.1, 0.15) is 11.5 Å². The van der Waals surface area contributed by atoms with Crippen molar-refractivity contribution < 1.29 is 18.8 Å². The van der Waals surface area contributed by atoms with Crippen LogP contribution in [-0.4, -0.2) is 29.8 Å². The van der Waals surface area contributed by atoms with Crippen LogP contribution in [0.3, 0.4) is 0 Å². The Balaban J connectivity index is 1.34. The average molecular weight is 436 g/mol. The van der Waals surface area contributed by atoms with Crippen LogP contribution in [0.5, 0.6) is 11.5 Å². The molecule has 0 aliphatic carbocycles. The molecule has 1 N–H and O–H groups in total. The lowest BCUT2D eigenvalue weighted by atomic mass is 10.2. The molecule has 0 atom stereocenters. The van der Waals surface area contributed by atoms with Crippen LogP contribution in [0.25, 0.3) is 22.8 Å². The van der Waals surface area contributed by atoms with Crippen molar-refractivity contribution in [2.45, 2.75) is 0 Å². The number of carbonyl (C=O) groups is 1. The van der Waals surface area contributed by atoms with Crippen LogP contribution in [0.2, 0.25) is 5.02 Å². The van der Waals surface area contributed by atoms with Gasteiger partial charge in [-0.1, -0.05) is 16.8 Å². The third-order valence-corrected chi connectivity index (χ3v) is 4.63. The van der Waals surface area contributed by atoms with Gasteiger partial charge in [0.05, 0.1) is 7.11 Å². The first-order chi connectivity index (χ1) is 15.1. The second-order valence-electron chi connectivity index (χ2n) is 6.52. The zero-order valence-electron chi connectivity index (χ0n) is 16.5. The number of halogens is 1. The van der Waals surface area contributed by atoms with E-state index in [1.165, 1.54) is 0 Å². The standard InChI is InChI=1S/C23H18ClN3O4/c1-29-19-10-12-20(13-11-19)30-14-21(28)25-18-8-4-16(5-9-18)23-26-22(27-31-23)15-2-6-17(24)7-3-15/h2-13H,14H2,1H3,(H,25,28). The lowest BCUT2D eigenvalue weighted by Crippen LogP contribution is -2.20.